The molecular weight excluding hydrogens is 344 g/mol. The first kappa shape index (κ1) is 17.1. The van der Waals surface area contributed by atoms with Gasteiger partial charge in [0.05, 0.1) is 11.4 Å². The molecule has 9 heteroatoms. The summed E-state index contributed by atoms with van der Waals surface area (Å²) >= 11 is 0. The number of hydrogen-bond acceptors (Lipinski definition) is 8. The van der Waals surface area contributed by atoms with Gasteiger partial charge < -0.3 is 21.6 Å². The molecule has 0 aliphatic carbocycles. The van der Waals surface area contributed by atoms with Gasteiger partial charge >= 0.3 is 0 Å². The minimum absolute atomic E-state index is 0.124. The van der Waals surface area contributed by atoms with Gasteiger partial charge in [-0.05, 0) is 37.5 Å². The minimum atomic E-state index is 0.124. The lowest BCUT2D eigenvalue weighted by molar-refractivity contribution is 0.406. The van der Waals surface area contributed by atoms with Gasteiger partial charge in [-0.2, -0.15) is 20.1 Å². The van der Waals surface area contributed by atoms with E-state index in [1.54, 1.807) is 0 Å². The Balaban J connectivity index is 1.96. The molecule has 0 aliphatic heterocycles. The van der Waals surface area contributed by atoms with Crippen molar-refractivity contribution in [1.82, 2.24) is 24.7 Å². The summed E-state index contributed by atoms with van der Waals surface area (Å²) in [6.45, 7) is 6.44. The first-order chi connectivity index (χ1) is 12.8. The highest BCUT2D eigenvalue weighted by Gasteiger charge is 2.22. The number of nitrogens with zero attached hydrogens (tertiary/aromatic N) is 5. The van der Waals surface area contributed by atoms with Gasteiger partial charge in [0.1, 0.15) is 17.0 Å². The third-order valence-electron chi connectivity index (χ3n) is 4.50. The summed E-state index contributed by atoms with van der Waals surface area (Å²) in [5.41, 5.74) is 21.1. The fraction of sp³-hybridized carbons (Fsp3) is 0.333. The predicted octanol–water partition coefficient (Wildman–Crippen LogP) is 2.99. The average molecular weight is 366 g/mol. The molecule has 0 unspecified atom stereocenters. The molecule has 0 saturated heterocycles. The molecule has 0 amide bonds. The molecule has 9 nitrogen and oxygen atoms in total. The third kappa shape index (κ3) is 2.90. The van der Waals surface area contributed by atoms with Crippen molar-refractivity contribution in [2.45, 2.75) is 33.2 Å². The molecule has 0 spiro atoms. The second-order valence-electron chi connectivity index (χ2n) is 7.17. The number of hydrogen-bond donors (Lipinski definition) is 3. The first-order valence-corrected chi connectivity index (χ1v) is 8.81. The Morgan fingerprint density at radius 3 is 2.59 bits per heavy atom. The Labute approximate surface area is 155 Å². The zero-order chi connectivity index (χ0) is 19.3. The monoisotopic (exact) mass is 366 g/mol. The molecule has 0 bridgehead atoms. The number of fused-ring (bicyclic) bond motifs is 2. The topological polar surface area (TPSA) is 148 Å². The maximum atomic E-state index is 6.19. The second-order valence-corrected chi connectivity index (χ2v) is 7.17. The van der Waals surface area contributed by atoms with Crippen LogP contribution in [0.4, 0.5) is 17.8 Å². The summed E-state index contributed by atoms with van der Waals surface area (Å²) in [6.07, 6.45) is 0.943. The lowest BCUT2D eigenvalue weighted by atomic mass is 10.1. The van der Waals surface area contributed by atoms with Crippen LogP contribution in [0, 0.1) is 5.92 Å². The van der Waals surface area contributed by atoms with Gasteiger partial charge in [-0.1, -0.05) is 13.8 Å². The molecule has 6 N–H and O–H groups in total. The van der Waals surface area contributed by atoms with E-state index in [0.717, 1.165) is 12.0 Å². The van der Waals surface area contributed by atoms with E-state index in [1.807, 2.05) is 22.9 Å². The van der Waals surface area contributed by atoms with Gasteiger partial charge in [-0.25, -0.2) is 4.68 Å². The molecule has 3 heterocycles. The Morgan fingerprint density at radius 2 is 1.85 bits per heavy atom. The van der Waals surface area contributed by atoms with Crippen LogP contribution >= 0.6 is 0 Å². The van der Waals surface area contributed by atoms with Crippen molar-refractivity contribution in [1.29, 1.82) is 0 Å². The SMILES string of the molecule is CC(C)C[C@H](C)n1nc(-c2ccc3oc(N)nc3c2)c2c(N)nc(N)nc21. The molecule has 1 aromatic carbocycles. The van der Waals surface area contributed by atoms with Gasteiger partial charge in [0.25, 0.3) is 6.01 Å². The van der Waals surface area contributed by atoms with Crippen molar-refractivity contribution in [3.8, 4) is 11.3 Å². The Morgan fingerprint density at radius 1 is 1.07 bits per heavy atom. The molecule has 27 heavy (non-hydrogen) atoms. The van der Waals surface area contributed by atoms with Gasteiger partial charge in [0, 0.05) is 5.56 Å². The molecule has 140 valence electrons. The molecule has 1 atom stereocenters. The largest absolute Gasteiger partial charge is 0.424 e. The van der Waals surface area contributed by atoms with E-state index < -0.39 is 0 Å². The Kier molecular flexibility index (Phi) is 3.87. The van der Waals surface area contributed by atoms with Crippen LogP contribution in [-0.2, 0) is 0 Å². The van der Waals surface area contributed by atoms with Crippen LogP contribution in [0.1, 0.15) is 33.2 Å². The van der Waals surface area contributed by atoms with Crippen molar-refractivity contribution < 1.29 is 4.42 Å². The number of aromatic nitrogens is 5. The summed E-state index contributed by atoms with van der Waals surface area (Å²) in [5.74, 6) is 0.938. The molecular formula is C18H22N8O. The fourth-order valence-corrected chi connectivity index (χ4v) is 3.47. The predicted molar refractivity (Wildman–Crippen MR) is 106 cm³/mol. The van der Waals surface area contributed by atoms with Crippen molar-refractivity contribution in [2.75, 3.05) is 17.2 Å². The van der Waals surface area contributed by atoms with Gasteiger partial charge in [-0.15, -0.1) is 0 Å². The summed E-state index contributed by atoms with van der Waals surface area (Å²) in [7, 11) is 0. The van der Waals surface area contributed by atoms with E-state index in [1.165, 1.54) is 0 Å². The van der Waals surface area contributed by atoms with Crippen LogP contribution in [0.15, 0.2) is 22.6 Å². The van der Waals surface area contributed by atoms with Crippen LogP contribution in [0.25, 0.3) is 33.4 Å². The third-order valence-corrected chi connectivity index (χ3v) is 4.50. The van der Waals surface area contributed by atoms with Crippen LogP contribution in [0.3, 0.4) is 0 Å². The van der Waals surface area contributed by atoms with Crippen molar-refractivity contribution >= 4 is 39.9 Å². The quantitative estimate of drug-likeness (QED) is 0.499. The molecule has 3 aromatic heterocycles. The minimum Gasteiger partial charge on any atom is -0.424 e. The second kappa shape index (κ2) is 6.11. The summed E-state index contributed by atoms with van der Waals surface area (Å²) in [4.78, 5) is 12.7. The Hall–Kier alpha value is -3.36. The lowest BCUT2D eigenvalue weighted by Gasteiger charge is -2.15. The van der Waals surface area contributed by atoms with Gasteiger partial charge in [-0.3, -0.25) is 0 Å². The van der Waals surface area contributed by atoms with E-state index in [2.05, 4.69) is 35.7 Å². The van der Waals surface area contributed by atoms with E-state index in [4.69, 9.17) is 26.7 Å². The summed E-state index contributed by atoms with van der Waals surface area (Å²) < 4.78 is 7.22. The maximum absolute atomic E-state index is 6.19. The molecule has 0 aliphatic rings. The van der Waals surface area contributed by atoms with Gasteiger partial charge in [0.2, 0.25) is 5.95 Å². The van der Waals surface area contributed by atoms with Gasteiger partial charge in [0.15, 0.2) is 11.2 Å². The fourth-order valence-electron chi connectivity index (χ4n) is 3.47. The standard InChI is InChI=1S/C18H22N8O/c1-8(2)6-9(3)26-16-13(15(19)23-17(20)24-16)14(25-26)10-4-5-12-11(7-10)22-18(21)27-12/h4-5,7-9H,6H2,1-3H3,(H2,21,22)(H4,19,20,23,24)/t9-/m0/s1. The highest BCUT2D eigenvalue weighted by atomic mass is 16.4. The normalized spacial score (nSPS) is 13.0. The number of nitrogens with two attached hydrogens (primary N) is 3. The van der Waals surface area contributed by atoms with E-state index in [-0.39, 0.29) is 18.0 Å². The van der Waals surface area contributed by atoms with Crippen LogP contribution in [-0.4, -0.2) is 24.7 Å². The molecule has 0 radical (unpaired) electrons. The van der Waals surface area contributed by atoms with Crippen molar-refractivity contribution in [3.05, 3.63) is 18.2 Å². The van der Waals surface area contributed by atoms with E-state index in [0.29, 0.717) is 39.6 Å². The number of benzene rings is 1. The number of rotatable bonds is 4. The molecule has 0 saturated carbocycles. The van der Waals surface area contributed by atoms with Crippen LogP contribution in [0.5, 0.6) is 0 Å². The van der Waals surface area contributed by atoms with Crippen molar-refractivity contribution in [3.63, 3.8) is 0 Å². The van der Waals surface area contributed by atoms with Crippen LogP contribution < -0.4 is 17.2 Å². The zero-order valence-electron chi connectivity index (χ0n) is 15.5. The van der Waals surface area contributed by atoms with Crippen LogP contribution in [0.2, 0.25) is 0 Å². The number of oxazole rings is 1. The Bertz CT molecular complexity index is 1140. The van der Waals surface area contributed by atoms with E-state index >= 15 is 0 Å². The first-order valence-electron chi connectivity index (χ1n) is 8.81. The smallest absolute Gasteiger partial charge is 0.292 e. The van der Waals surface area contributed by atoms with Crippen molar-refractivity contribution in [2.24, 2.45) is 5.92 Å². The summed E-state index contributed by atoms with van der Waals surface area (Å²) in [5, 5.41) is 5.49. The zero-order valence-corrected chi connectivity index (χ0v) is 15.5. The molecule has 0 fully saturated rings. The maximum Gasteiger partial charge on any atom is 0.292 e. The highest BCUT2D eigenvalue weighted by molar-refractivity contribution is 6.00. The average Bonchev–Trinajstić information content (AvgIpc) is 3.13. The number of anilines is 3. The molecule has 4 rings (SSSR count). The highest BCUT2D eigenvalue weighted by Crippen LogP contribution is 2.34. The number of nitrogen functional groups attached to an aromatic ring is 3. The summed E-state index contributed by atoms with van der Waals surface area (Å²) in [6, 6.07) is 5.82. The lowest BCUT2D eigenvalue weighted by Crippen LogP contribution is -2.11. The van der Waals surface area contributed by atoms with E-state index in [9.17, 15) is 0 Å². The molecule has 4 aromatic rings.